The zero-order chi connectivity index (χ0) is 28.9. The number of benzene rings is 3. The van der Waals surface area contributed by atoms with Crippen molar-refractivity contribution in [3.8, 4) is 11.1 Å². The van der Waals surface area contributed by atoms with E-state index in [1.54, 1.807) is 0 Å². The highest BCUT2D eigenvalue weighted by molar-refractivity contribution is 14.1. The van der Waals surface area contributed by atoms with E-state index in [9.17, 15) is 4.79 Å². The zero-order valence-electron chi connectivity index (χ0n) is 24.6. The van der Waals surface area contributed by atoms with Gasteiger partial charge < -0.3 is 18.9 Å². The number of rotatable bonds is 5. The molecule has 2 fully saturated rings. The number of halogens is 1. The lowest BCUT2D eigenvalue weighted by molar-refractivity contribution is 0.00578. The number of hydrogen-bond donors (Lipinski definition) is 0. The number of carbonyl (C=O) groups is 1. The van der Waals surface area contributed by atoms with E-state index in [0.29, 0.717) is 19.7 Å². The van der Waals surface area contributed by atoms with Gasteiger partial charge in [0.1, 0.15) is 6.61 Å². The molecule has 0 spiro atoms. The van der Waals surface area contributed by atoms with E-state index in [1.165, 1.54) is 37.0 Å². The lowest BCUT2D eigenvalue weighted by atomic mass is 9.77. The summed E-state index contributed by atoms with van der Waals surface area (Å²) < 4.78 is 19.8. The highest BCUT2D eigenvalue weighted by atomic mass is 127. The third-order valence-corrected chi connectivity index (χ3v) is 10.5. The number of amides is 1. The molecule has 1 amide bonds. The maximum absolute atomic E-state index is 13.1. The van der Waals surface area contributed by atoms with Crippen molar-refractivity contribution in [1.82, 2.24) is 9.80 Å². The van der Waals surface area contributed by atoms with Crippen molar-refractivity contribution in [3.05, 3.63) is 86.5 Å². The van der Waals surface area contributed by atoms with Crippen molar-refractivity contribution in [1.29, 1.82) is 0 Å². The molecule has 0 N–H and O–H groups in total. The van der Waals surface area contributed by atoms with Crippen LogP contribution < -0.4 is 5.46 Å². The first-order chi connectivity index (χ1) is 19.5. The highest BCUT2D eigenvalue weighted by Crippen LogP contribution is 2.44. The normalized spacial score (nSPS) is 19.8. The van der Waals surface area contributed by atoms with Gasteiger partial charge >= 0.3 is 13.2 Å². The first kappa shape index (κ1) is 28.7. The number of piperazine rings is 1. The minimum absolute atomic E-state index is 0.0781. The Morgan fingerprint density at radius 1 is 0.927 bits per heavy atom. The fourth-order valence-electron chi connectivity index (χ4n) is 6.05. The van der Waals surface area contributed by atoms with Crippen LogP contribution in [-0.2, 0) is 20.6 Å². The van der Waals surface area contributed by atoms with E-state index in [2.05, 4.69) is 123 Å². The molecule has 8 heteroatoms. The predicted molar refractivity (Wildman–Crippen MR) is 172 cm³/mol. The molecule has 1 aliphatic carbocycles. The van der Waals surface area contributed by atoms with Crippen LogP contribution in [0.15, 0.2) is 60.7 Å². The van der Waals surface area contributed by atoms with E-state index in [-0.39, 0.29) is 30.3 Å². The molecule has 0 aromatic heterocycles. The summed E-state index contributed by atoms with van der Waals surface area (Å²) in [7, 11) is -0.377. The van der Waals surface area contributed by atoms with Crippen LogP contribution in [0.25, 0.3) is 11.1 Å². The number of ether oxygens (including phenoxy) is 1. The van der Waals surface area contributed by atoms with Gasteiger partial charge in [0.25, 0.3) is 0 Å². The third-order valence-electron chi connectivity index (χ3n) is 9.36. The molecule has 0 atom stereocenters. The molecule has 0 unspecified atom stereocenters. The maximum atomic E-state index is 13.1. The third kappa shape index (κ3) is 5.44. The van der Waals surface area contributed by atoms with Crippen LogP contribution in [0.4, 0.5) is 4.79 Å². The Kier molecular flexibility index (Phi) is 7.72. The van der Waals surface area contributed by atoms with E-state index in [4.69, 9.17) is 14.0 Å². The number of nitrogens with zero attached hydrogens (tertiary/aromatic N) is 2. The second kappa shape index (κ2) is 11.0. The lowest BCUT2D eigenvalue weighted by Crippen LogP contribution is -2.48. The van der Waals surface area contributed by atoms with Gasteiger partial charge in [-0.05, 0) is 102 Å². The summed E-state index contributed by atoms with van der Waals surface area (Å²) in [6.07, 6.45) is -0.222. The Balaban J connectivity index is 1.06. The summed E-state index contributed by atoms with van der Waals surface area (Å²) in [6, 6.07) is 21.3. The van der Waals surface area contributed by atoms with Gasteiger partial charge in [-0.15, -0.1) is 0 Å². The first-order valence-corrected chi connectivity index (χ1v) is 15.6. The molecule has 0 saturated carbocycles. The minimum Gasteiger partial charge on any atom is -0.448 e. The molecule has 2 saturated heterocycles. The fraction of sp³-hybridized carbons (Fsp3) is 0.424. The first-order valence-electron chi connectivity index (χ1n) is 14.5. The van der Waals surface area contributed by atoms with Crippen LogP contribution in [0.2, 0.25) is 0 Å². The standard InChI is InChI=1S/C33H38BIN2O4/c1-22-23(18-24(19-30(22)35)34-40-32(2,3)33(4,5)41-34)20-36-14-16-37(17-15-36)31(38)39-21-29-27-12-8-6-10-25(27)26-11-7-9-13-28(26)29/h6-13,18-19,29H,14-17,20-21H2,1-5H3. The molecular weight excluding hydrogens is 626 g/mol. The van der Waals surface area contributed by atoms with Crippen LogP contribution in [-0.4, -0.2) is 67.0 Å². The lowest BCUT2D eigenvalue weighted by Gasteiger charge is -2.34. The van der Waals surface area contributed by atoms with Crippen molar-refractivity contribution in [2.24, 2.45) is 0 Å². The van der Waals surface area contributed by atoms with Crippen molar-refractivity contribution in [2.75, 3.05) is 32.8 Å². The van der Waals surface area contributed by atoms with Gasteiger partial charge in [0.05, 0.1) is 11.2 Å². The quantitative estimate of drug-likeness (QED) is 0.249. The van der Waals surface area contributed by atoms with Gasteiger partial charge in [-0.1, -0.05) is 54.6 Å². The summed E-state index contributed by atoms with van der Waals surface area (Å²) in [5.74, 6) is 0.0781. The molecule has 6 rings (SSSR count). The minimum atomic E-state index is -0.377. The van der Waals surface area contributed by atoms with Crippen LogP contribution in [0.3, 0.4) is 0 Å². The summed E-state index contributed by atoms with van der Waals surface area (Å²) in [5.41, 5.74) is 7.83. The van der Waals surface area contributed by atoms with E-state index < -0.39 is 0 Å². The van der Waals surface area contributed by atoms with Crippen LogP contribution in [0.5, 0.6) is 0 Å². The molecule has 3 aliphatic rings. The van der Waals surface area contributed by atoms with E-state index in [1.807, 2.05) is 4.90 Å². The zero-order valence-corrected chi connectivity index (χ0v) is 26.7. The largest absolute Gasteiger partial charge is 0.494 e. The monoisotopic (exact) mass is 664 g/mol. The summed E-state index contributed by atoms with van der Waals surface area (Å²) >= 11 is 2.41. The van der Waals surface area contributed by atoms with Gasteiger partial charge in [0.15, 0.2) is 0 Å². The van der Waals surface area contributed by atoms with Gasteiger partial charge in [-0.25, -0.2) is 4.79 Å². The van der Waals surface area contributed by atoms with Crippen LogP contribution in [0.1, 0.15) is 55.9 Å². The summed E-state index contributed by atoms with van der Waals surface area (Å²) in [6.45, 7) is 14.6. The molecular formula is C33H38BIN2O4. The second-order valence-corrected chi connectivity index (χ2v) is 13.6. The van der Waals surface area contributed by atoms with E-state index >= 15 is 0 Å². The van der Waals surface area contributed by atoms with Crippen LogP contribution in [0, 0.1) is 10.5 Å². The molecule has 6 nitrogen and oxygen atoms in total. The van der Waals surface area contributed by atoms with Gasteiger partial charge in [-0.2, -0.15) is 0 Å². The Morgan fingerprint density at radius 3 is 2.07 bits per heavy atom. The summed E-state index contributed by atoms with van der Waals surface area (Å²) in [5, 5.41) is 0. The SMILES string of the molecule is Cc1c(I)cc(B2OC(C)(C)C(C)(C)O2)cc1CN1CCN(C(=O)OCC2c3ccccc3-c3ccccc32)CC1. The fourth-order valence-corrected chi connectivity index (χ4v) is 6.76. The molecule has 3 aromatic carbocycles. The molecule has 3 aromatic rings. The van der Waals surface area contributed by atoms with E-state index in [0.717, 1.165) is 25.1 Å². The Hall–Kier alpha value is -2.40. The number of fused-ring (bicyclic) bond motifs is 3. The predicted octanol–water partition coefficient (Wildman–Crippen LogP) is 5.97. The molecule has 214 valence electrons. The van der Waals surface area contributed by atoms with Gasteiger partial charge in [0, 0.05) is 42.2 Å². The Labute approximate surface area is 257 Å². The van der Waals surface area contributed by atoms with Crippen molar-refractivity contribution in [2.45, 2.75) is 58.3 Å². The second-order valence-electron chi connectivity index (χ2n) is 12.4. The molecule has 2 aliphatic heterocycles. The average Bonchev–Trinajstić information content (AvgIpc) is 3.39. The Morgan fingerprint density at radius 2 is 1.49 bits per heavy atom. The summed E-state index contributed by atoms with van der Waals surface area (Å²) in [4.78, 5) is 17.4. The highest BCUT2D eigenvalue weighted by Gasteiger charge is 2.51. The molecule has 41 heavy (non-hydrogen) atoms. The number of carbonyl (C=O) groups excluding carboxylic acids is 1. The van der Waals surface area contributed by atoms with Crippen molar-refractivity contribution >= 4 is 41.3 Å². The topological polar surface area (TPSA) is 51.2 Å². The molecule has 0 radical (unpaired) electrons. The molecule has 2 heterocycles. The van der Waals surface area contributed by atoms with Gasteiger partial charge in [0.2, 0.25) is 0 Å². The van der Waals surface area contributed by atoms with Crippen molar-refractivity contribution < 1.29 is 18.8 Å². The smallest absolute Gasteiger partial charge is 0.448 e. The van der Waals surface area contributed by atoms with Crippen molar-refractivity contribution in [3.63, 3.8) is 0 Å². The average molecular weight is 664 g/mol. The Bertz CT molecular complexity index is 1410. The number of hydrogen-bond acceptors (Lipinski definition) is 5. The maximum Gasteiger partial charge on any atom is 0.494 e. The van der Waals surface area contributed by atoms with Crippen LogP contribution >= 0.6 is 22.6 Å². The van der Waals surface area contributed by atoms with Gasteiger partial charge in [-0.3, -0.25) is 4.90 Å². The molecule has 0 bridgehead atoms.